The third-order valence-corrected chi connectivity index (χ3v) is 2.86. The van der Waals surface area contributed by atoms with E-state index in [2.05, 4.69) is 15.8 Å². The van der Waals surface area contributed by atoms with E-state index < -0.39 is 0 Å². The molecule has 1 aromatic rings. The van der Waals surface area contributed by atoms with Gasteiger partial charge in [0.25, 0.3) is 0 Å². The predicted octanol–water partition coefficient (Wildman–Crippen LogP) is -0.0239. The zero-order valence-corrected chi connectivity index (χ0v) is 10.0. The lowest BCUT2D eigenvalue weighted by atomic mass is 10.2. The molecule has 1 aliphatic heterocycles. The minimum Gasteiger partial charge on any atom is -0.380 e. The number of hydrogen-bond acceptors (Lipinski definition) is 5. The van der Waals surface area contributed by atoms with E-state index in [1.807, 2.05) is 6.92 Å². The van der Waals surface area contributed by atoms with Crippen LogP contribution in [0.2, 0.25) is 0 Å². The first-order chi connectivity index (χ1) is 8.19. The highest BCUT2D eigenvalue weighted by atomic mass is 16.5. The van der Waals surface area contributed by atoms with Crippen LogP contribution in [-0.4, -0.2) is 36.9 Å². The zero-order chi connectivity index (χ0) is 12.3. The summed E-state index contributed by atoms with van der Waals surface area (Å²) in [7, 11) is 1.66. The third-order valence-electron chi connectivity index (χ3n) is 2.86. The minimum atomic E-state index is -0.173. The monoisotopic (exact) mass is 239 g/mol. The molecular weight excluding hydrogens is 222 g/mol. The van der Waals surface area contributed by atoms with Gasteiger partial charge in [-0.25, -0.2) is 0 Å². The summed E-state index contributed by atoms with van der Waals surface area (Å²) in [5.41, 5.74) is 0.733. The third kappa shape index (κ3) is 3.04. The Labute approximate surface area is 99.7 Å². The molecule has 0 saturated carbocycles. The molecule has 0 spiro atoms. The van der Waals surface area contributed by atoms with Gasteiger partial charge in [-0.3, -0.25) is 4.79 Å². The van der Waals surface area contributed by atoms with Crippen LogP contribution in [0.4, 0.5) is 0 Å². The molecule has 0 aliphatic carbocycles. The normalized spacial score (nSPS) is 23.9. The lowest BCUT2D eigenvalue weighted by Gasteiger charge is -2.09. The van der Waals surface area contributed by atoms with Crippen molar-refractivity contribution in [1.82, 2.24) is 15.8 Å². The van der Waals surface area contributed by atoms with Gasteiger partial charge in [0.05, 0.1) is 18.7 Å². The minimum absolute atomic E-state index is 0.0230. The van der Waals surface area contributed by atoms with Gasteiger partial charge in [0.1, 0.15) is 11.5 Å². The van der Waals surface area contributed by atoms with Crippen molar-refractivity contribution in [3.05, 3.63) is 17.5 Å². The second kappa shape index (κ2) is 5.29. The summed E-state index contributed by atoms with van der Waals surface area (Å²) in [4.78, 5) is 11.8. The number of aryl methyl sites for hydroxylation is 1. The highest BCUT2D eigenvalue weighted by Gasteiger charge is 2.29. The summed E-state index contributed by atoms with van der Waals surface area (Å²) in [6, 6.07) is 1.63. The van der Waals surface area contributed by atoms with E-state index in [4.69, 9.17) is 9.26 Å². The molecule has 1 fully saturated rings. The number of rotatable bonds is 4. The highest BCUT2D eigenvalue weighted by molar-refractivity contribution is 5.82. The van der Waals surface area contributed by atoms with E-state index in [0.29, 0.717) is 13.0 Å². The van der Waals surface area contributed by atoms with Crippen LogP contribution in [0, 0.1) is 6.92 Å². The van der Waals surface area contributed by atoms with E-state index in [9.17, 15) is 4.79 Å². The summed E-state index contributed by atoms with van der Waals surface area (Å²) in [6.07, 6.45) is 0.834. The van der Waals surface area contributed by atoms with Gasteiger partial charge in [-0.15, -0.1) is 0 Å². The molecule has 1 aromatic heterocycles. The van der Waals surface area contributed by atoms with E-state index in [0.717, 1.165) is 18.0 Å². The summed E-state index contributed by atoms with van der Waals surface area (Å²) < 4.78 is 10.1. The summed E-state index contributed by atoms with van der Waals surface area (Å²) in [5, 5.41) is 9.75. The molecule has 1 saturated heterocycles. The SMILES string of the molecule is COC1CNC(C(=O)NCc2cc(C)on2)C1. The first-order valence-electron chi connectivity index (χ1n) is 5.65. The number of nitrogens with zero attached hydrogens (tertiary/aromatic N) is 1. The maximum absolute atomic E-state index is 11.8. The Hall–Kier alpha value is -1.40. The molecule has 17 heavy (non-hydrogen) atoms. The fourth-order valence-electron chi connectivity index (χ4n) is 1.88. The van der Waals surface area contributed by atoms with Crippen molar-refractivity contribution in [1.29, 1.82) is 0 Å². The fraction of sp³-hybridized carbons (Fsp3) is 0.636. The fourth-order valence-corrected chi connectivity index (χ4v) is 1.88. The topological polar surface area (TPSA) is 76.4 Å². The van der Waals surface area contributed by atoms with Gasteiger partial charge >= 0.3 is 0 Å². The second-order valence-electron chi connectivity index (χ2n) is 4.20. The Morgan fingerprint density at radius 1 is 1.76 bits per heavy atom. The van der Waals surface area contributed by atoms with Crippen molar-refractivity contribution in [2.45, 2.75) is 32.0 Å². The largest absolute Gasteiger partial charge is 0.380 e. The Morgan fingerprint density at radius 2 is 2.59 bits per heavy atom. The smallest absolute Gasteiger partial charge is 0.237 e. The van der Waals surface area contributed by atoms with Crippen molar-refractivity contribution in [3.63, 3.8) is 0 Å². The first-order valence-corrected chi connectivity index (χ1v) is 5.65. The highest BCUT2D eigenvalue weighted by Crippen LogP contribution is 2.09. The van der Waals surface area contributed by atoms with Gasteiger partial charge in [-0.1, -0.05) is 5.16 Å². The molecule has 2 N–H and O–H groups in total. The van der Waals surface area contributed by atoms with Crippen LogP contribution < -0.4 is 10.6 Å². The molecule has 0 radical (unpaired) electrons. The van der Waals surface area contributed by atoms with Crippen LogP contribution in [0.1, 0.15) is 17.9 Å². The number of nitrogens with one attached hydrogen (secondary N) is 2. The zero-order valence-electron chi connectivity index (χ0n) is 10.0. The van der Waals surface area contributed by atoms with E-state index in [1.54, 1.807) is 13.2 Å². The molecule has 0 aromatic carbocycles. The Morgan fingerprint density at radius 3 is 3.18 bits per heavy atom. The number of ether oxygens (including phenoxy) is 1. The second-order valence-corrected chi connectivity index (χ2v) is 4.20. The quantitative estimate of drug-likeness (QED) is 0.772. The molecule has 2 unspecified atom stereocenters. The molecule has 6 nitrogen and oxygen atoms in total. The number of hydrogen-bond donors (Lipinski definition) is 2. The summed E-state index contributed by atoms with van der Waals surface area (Å²) >= 11 is 0. The number of methoxy groups -OCH3 is 1. The van der Waals surface area contributed by atoms with E-state index in [1.165, 1.54) is 0 Å². The number of carbonyl (C=O) groups excluding carboxylic acids is 1. The molecule has 1 amide bonds. The molecule has 2 atom stereocenters. The predicted molar refractivity (Wildman–Crippen MR) is 60.3 cm³/mol. The van der Waals surface area contributed by atoms with E-state index in [-0.39, 0.29) is 18.1 Å². The van der Waals surface area contributed by atoms with Crippen molar-refractivity contribution in [2.24, 2.45) is 0 Å². The van der Waals surface area contributed by atoms with Crippen molar-refractivity contribution in [2.75, 3.05) is 13.7 Å². The van der Waals surface area contributed by atoms with Crippen LogP contribution >= 0.6 is 0 Å². The molecule has 1 aliphatic rings. The molecule has 0 bridgehead atoms. The standard InChI is InChI=1S/C11H17N3O3/c1-7-3-8(14-17-7)5-13-11(15)10-4-9(16-2)6-12-10/h3,9-10,12H,4-6H2,1-2H3,(H,13,15). The van der Waals surface area contributed by atoms with Crippen LogP contribution in [0.15, 0.2) is 10.6 Å². The van der Waals surface area contributed by atoms with Crippen molar-refractivity contribution >= 4 is 5.91 Å². The van der Waals surface area contributed by atoms with Gasteiger partial charge in [-0.05, 0) is 13.3 Å². The van der Waals surface area contributed by atoms with Gasteiger partial charge in [0, 0.05) is 19.7 Å². The molecule has 2 heterocycles. The van der Waals surface area contributed by atoms with Crippen LogP contribution in [0.3, 0.4) is 0 Å². The molecular formula is C11H17N3O3. The molecule has 94 valence electrons. The molecule has 6 heteroatoms. The van der Waals surface area contributed by atoms with Crippen LogP contribution in [0.5, 0.6) is 0 Å². The van der Waals surface area contributed by atoms with Gasteiger partial charge in [0.2, 0.25) is 5.91 Å². The van der Waals surface area contributed by atoms with Crippen LogP contribution in [-0.2, 0) is 16.1 Å². The van der Waals surface area contributed by atoms with Crippen molar-refractivity contribution < 1.29 is 14.1 Å². The maximum Gasteiger partial charge on any atom is 0.237 e. The number of amides is 1. The lowest BCUT2D eigenvalue weighted by molar-refractivity contribution is -0.123. The van der Waals surface area contributed by atoms with Gasteiger partial charge < -0.3 is 19.9 Å². The van der Waals surface area contributed by atoms with Crippen LogP contribution in [0.25, 0.3) is 0 Å². The Balaban J connectivity index is 1.78. The summed E-state index contributed by atoms with van der Waals surface area (Å²) in [6.45, 7) is 2.93. The average molecular weight is 239 g/mol. The van der Waals surface area contributed by atoms with Crippen molar-refractivity contribution in [3.8, 4) is 0 Å². The Kier molecular flexibility index (Phi) is 3.75. The maximum atomic E-state index is 11.8. The Bertz CT molecular complexity index is 391. The molecule has 2 rings (SSSR count). The van der Waals surface area contributed by atoms with E-state index >= 15 is 0 Å². The van der Waals surface area contributed by atoms with Gasteiger partial charge in [-0.2, -0.15) is 0 Å². The average Bonchev–Trinajstić information content (AvgIpc) is 2.94. The first kappa shape index (κ1) is 12.1. The lowest BCUT2D eigenvalue weighted by Crippen LogP contribution is -2.40. The summed E-state index contributed by atoms with van der Waals surface area (Å²) in [5.74, 6) is 0.720. The number of carbonyl (C=O) groups is 1. The number of aromatic nitrogens is 1. The van der Waals surface area contributed by atoms with Gasteiger partial charge in [0.15, 0.2) is 0 Å².